The molecule has 1 rings (SSSR count). The predicted molar refractivity (Wildman–Crippen MR) is 79.1 cm³/mol. The van der Waals surface area contributed by atoms with Crippen molar-refractivity contribution in [2.45, 2.75) is 39.5 Å². The van der Waals surface area contributed by atoms with Crippen LogP contribution in [-0.2, 0) is 22.6 Å². The van der Waals surface area contributed by atoms with Gasteiger partial charge in [0.05, 0.1) is 6.54 Å². The van der Waals surface area contributed by atoms with Gasteiger partial charge in [-0.05, 0) is 31.9 Å². The number of benzene rings is 1. The van der Waals surface area contributed by atoms with E-state index in [1.807, 2.05) is 45.0 Å². The molecular weight excluding hydrogens is 264 g/mol. The van der Waals surface area contributed by atoms with Crippen LogP contribution in [0.4, 0.5) is 0 Å². The number of hydrogen-bond acceptors (Lipinski definition) is 4. The van der Waals surface area contributed by atoms with E-state index in [-0.39, 0.29) is 24.9 Å². The molecule has 19 heavy (non-hydrogen) atoms. The largest absolute Gasteiger partial charge is 0.459 e. The Bertz CT molecular complexity index is 385. The van der Waals surface area contributed by atoms with Crippen LogP contribution < -0.4 is 11.1 Å². The lowest BCUT2D eigenvalue weighted by Crippen LogP contribution is -2.31. The zero-order valence-corrected chi connectivity index (χ0v) is 12.5. The quantitative estimate of drug-likeness (QED) is 0.813. The molecule has 0 spiro atoms. The van der Waals surface area contributed by atoms with Crippen LogP contribution in [0.15, 0.2) is 24.3 Å². The van der Waals surface area contributed by atoms with Crippen molar-refractivity contribution in [2.24, 2.45) is 5.73 Å². The van der Waals surface area contributed by atoms with E-state index in [0.717, 1.165) is 11.1 Å². The van der Waals surface area contributed by atoms with Gasteiger partial charge >= 0.3 is 5.97 Å². The van der Waals surface area contributed by atoms with Gasteiger partial charge < -0.3 is 15.8 Å². The smallest absolute Gasteiger partial charge is 0.320 e. The highest BCUT2D eigenvalue weighted by Gasteiger charge is 2.15. The molecule has 0 aliphatic rings. The second-order valence-corrected chi connectivity index (χ2v) is 5.21. The Morgan fingerprint density at radius 1 is 1.21 bits per heavy atom. The van der Waals surface area contributed by atoms with Gasteiger partial charge in [-0.3, -0.25) is 4.79 Å². The van der Waals surface area contributed by atoms with Crippen molar-refractivity contribution in [1.29, 1.82) is 0 Å². The third-order valence-electron chi connectivity index (χ3n) is 2.28. The molecule has 0 fully saturated rings. The minimum atomic E-state index is -0.429. The number of carbonyl (C=O) groups excluding carboxylic acids is 1. The fourth-order valence-corrected chi connectivity index (χ4v) is 1.48. The average Bonchev–Trinajstić information content (AvgIpc) is 2.27. The summed E-state index contributed by atoms with van der Waals surface area (Å²) in [7, 11) is 0. The van der Waals surface area contributed by atoms with Crippen molar-refractivity contribution < 1.29 is 9.53 Å². The molecule has 3 N–H and O–H groups in total. The monoisotopic (exact) mass is 286 g/mol. The Kier molecular flexibility index (Phi) is 7.68. The second-order valence-electron chi connectivity index (χ2n) is 5.21. The van der Waals surface area contributed by atoms with Gasteiger partial charge in [0, 0.05) is 13.1 Å². The van der Waals surface area contributed by atoms with Crippen molar-refractivity contribution in [2.75, 3.05) is 6.54 Å². The summed E-state index contributed by atoms with van der Waals surface area (Å²) in [5.41, 5.74) is 7.32. The van der Waals surface area contributed by atoms with Crippen molar-refractivity contribution >= 4 is 18.4 Å². The number of hydrogen-bond donors (Lipinski definition) is 2. The van der Waals surface area contributed by atoms with Crippen molar-refractivity contribution in [1.82, 2.24) is 5.32 Å². The lowest BCUT2D eigenvalue weighted by Gasteiger charge is -2.19. The maximum atomic E-state index is 11.4. The standard InChI is InChI=1S/C14H22N2O2.ClH/c1-14(2,3)18-13(17)10-16-9-12-6-4-11(8-15)5-7-12;/h4-7,16H,8-10,15H2,1-3H3;1H. The molecule has 0 radical (unpaired) electrons. The zero-order chi connectivity index (χ0) is 13.6. The number of esters is 1. The molecule has 0 atom stereocenters. The Hall–Kier alpha value is -1.10. The lowest BCUT2D eigenvalue weighted by atomic mass is 10.1. The van der Waals surface area contributed by atoms with E-state index in [1.165, 1.54) is 0 Å². The van der Waals surface area contributed by atoms with Crippen LogP contribution in [0, 0.1) is 0 Å². The van der Waals surface area contributed by atoms with Crippen molar-refractivity contribution in [3.05, 3.63) is 35.4 Å². The van der Waals surface area contributed by atoms with E-state index in [1.54, 1.807) is 0 Å². The van der Waals surface area contributed by atoms with Crippen LogP contribution in [0.2, 0.25) is 0 Å². The molecule has 0 saturated heterocycles. The molecule has 0 saturated carbocycles. The highest BCUT2D eigenvalue weighted by molar-refractivity contribution is 5.85. The van der Waals surface area contributed by atoms with Crippen LogP contribution in [0.1, 0.15) is 31.9 Å². The highest BCUT2D eigenvalue weighted by atomic mass is 35.5. The number of nitrogens with one attached hydrogen (secondary N) is 1. The molecule has 4 nitrogen and oxygen atoms in total. The molecule has 0 heterocycles. The Balaban J connectivity index is 0.00000324. The number of ether oxygens (including phenoxy) is 1. The van der Waals surface area contributed by atoms with Gasteiger partial charge in [0.15, 0.2) is 0 Å². The topological polar surface area (TPSA) is 64.3 Å². The third kappa shape index (κ3) is 7.82. The molecule has 5 heteroatoms. The molecule has 0 aromatic heterocycles. The first kappa shape index (κ1) is 17.9. The van der Waals surface area contributed by atoms with Crippen LogP contribution in [0.25, 0.3) is 0 Å². The second kappa shape index (κ2) is 8.15. The van der Waals surface area contributed by atoms with Gasteiger partial charge in [0.25, 0.3) is 0 Å². The lowest BCUT2D eigenvalue weighted by molar-refractivity contribution is -0.153. The first-order valence-corrected chi connectivity index (χ1v) is 6.11. The van der Waals surface area contributed by atoms with Crippen LogP contribution >= 0.6 is 12.4 Å². The molecule has 0 amide bonds. The summed E-state index contributed by atoms with van der Waals surface area (Å²) in [6.07, 6.45) is 0. The highest BCUT2D eigenvalue weighted by Crippen LogP contribution is 2.06. The summed E-state index contributed by atoms with van der Waals surface area (Å²) in [6, 6.07) is 7.99. The molecule has 1 aromatic carbocycles. The molecular formula is C14H23ClN2O2. The first-order chi connectivity index (χ1) is 8.40. The van der Waals surface area contributed by atoms with Gasteiger partial charge in [0.1, 0.15) is 5.60 Å². The number of nitrogens with two attached hydrogens (primary N) is 1. The van der Waals surface area contributed by atoms with E-state index < -0.39 is 5.60 Å². The van der Waals surface area contributed by atoms with Crippen LogP contribution in [0.3, 0.4) is 0 Å². The maximum Gasteiger partial charge on any atom is 0.320 e. The average molecular weight is 287 g/mol. The van der Waals surface area contributed by atoms with E-state index in [4.69, 9.17) is 10.5 Å². The fourth-order valence-electron chi connectivity index (χ4n) is 1.48. The molecule has 0 aliphatic heterocycles. The van der Waals surface area contributed by atoms with E-state index in [9.17, 15) is 4.79 Å². The Morgan fingerprint density at radius 3 is 2.21 bits per heavy atom. The van der Waals surface area contributed by atoms with Crippen LogP contribution in [0.5, 0.6) is 0 Å². The van der Waals surface area contributed by atoms with Crippen LogP contribution in [-0.4, -0.2) is 18.1 Å². The third-order valence-corrected chi connectivity index (χ3v) is 2.28. The fraction of sp³-hybridized carbons (Fsp3) is 0.500. The predicted octanol–water partition coefficient (Wildman–Crippen LogP) is 2.00. The first-order valence-electron chi connectivity index (χ1n) is 6.11. The van der Waals surface area contributed by atoms with Crippen molar-refractivity contribution in [3.63, 3.8) is 0 Å². The molecule has 0 bridgehead atoms. The number of halogens is 1. The Morgan fingerprint density at radius 2 is 1.74 bits per heavy atom. The molecule has 0 unspecified atom stereocenters. The van der Waals surface area contributed by atoms with Gasteiger partial charge in [-0.15, -0.1) is 12.4 Å². The minimum Gasteiger partial charge on any atom is -0.459 e. The Labute approximate surface area is 121 Å². The van der Waals surface area contributed by atoms with E-state index in [0.29, 0.717) is 13.1 Å². The number of rotatable bonds is 5. The minimum absolute atomic E-state index is 0. The van der Waals surface area contributed by atoms with E-state index >= 15 is 0 Å². The van der Waals surface area contributed by atoms with Crippen molar-refractivity contribution in [3.8, 4) is 0 Å². The van der Waals surface area contributed by atoms with Gasteiger partial charge in [-0.1, -0.05) is 24.3 Å². The molecule has 0 aliphatic carbocycles. The summed E-state index contributed by atoms with van der Waals surface area (Å²) >= 11 is 0. The van der Waals surface area contributed by atoms with Gasteiger partial charge in [-0.2, -0.15) is 0 Å². The summed E-state index contributed by atoms with van der Waals surface area (Å²) in [6.45, 7) is 6.98. The summed E-state index contributed by atoms with van der Waals surface area (Å²) < 4.78 is 5.19. The van der Waals surface area contributed by atoms with E-state index in [2.05, 4.69) is 5.32 Å². The summed E-state index contributed by atoms with van der Waals surface area (Å²) in [4.78, 5) is 11.4. The van der Waals surface area contributed by atoms with Gasteiger partial charge in [0.2, 0.25) is 0 Å². The maximum absolute atomic E-state index is 11.4. The zero-order valence-electron chi connectivity index (χ0n) is 11.7. The molecule has 108 valence electrons. The number of carbonyl (C=O) groups is 1. The van der Waals surface area contributed by atoms with Gasteiger partial charge in [-0.25, -0.2) is 0 Å². The summed E-state index contributed by atoms with van der Waals surface area (Å²) in [5, 5.41) is 3.06. The normalized spacial score (nSPS) is 10.7. The SMILES string of the molecule is CC(C)(C)OC(=O)CNCc1ccc(CN)cc1.Cl. The molecule has 1 aromatic rings. The summed E-state index contributed by atoms with van der Waals surface area (Å²) in [5.74, 6) is -0.235.